The van der Waals surface area contributed by atoms with Crippen molar-refractivity contribution < 1.29 is 9.18 Å². The molecule has 2 aromatic rings. The number of hydrogen-bond acceptors (Lipinski definition) is 1. The lowest BCUT2D eigenvalue weighted by Crippen LogP contribution is -2.09. The molecule has 0 amide bonds. The molecule has 1 saturated carbocycles. The maximum Gasteiger partial charge on any atom is 0.193 e. The molecule has 0 unspecified atom stereocenters. The van der Waals surface area contributed by atoms with Gasteiger partial charge in [-0.25, -0.2) is 4.39 Å². The van der Waals surface area contributed by atoms with Crippen molar-refractivity contribution in [3.63, 3.8) is 0 Å². The van der Waals surface area contributed by atoms with Gasteiger partial charge < -0.3 is 0 Å². The van der Waals surface area contributed by atoms with Crippen molar-refractivity contribution in [3.8, 4) is 0 Å². The minimum Gasteiger partial charge on any atom is -0.289 e. The Labute approximate surface area is 118 Å². The molecule has 1 aliphatic rings. The van der Waals surface area contributed by atoms with E-state index in [1.54, 1.807) is 13.0 Å². The molecule has 0 heterocycles. The SMILES string of the molecule is Cc1cc(F)cc(C(=O)c2ccc(C3CCC3)cc2)c1. The van der Waals surface area contributed by atoms with Crippen LogP contribution < -0.4 is 0 Å². The smallest absolute Gasteiger partial charge is 0.193 e. The predicted molar refractivity (Wildman–Crippen MR) is 77.6 cm³/mol. The average molecular weight is 268 g/mol. The van der Waals surface area contributed by atoms with Crippen LogP contribution in [0, 0.1) is 12.7 Å². The lowest BCUT2D eigenvalue weighted by Gasteiger charge is -2.25. The van der Waals surface area contributed by atoms with E-state index in [1.807, 2.05) is 24.3 Å². The zero-order valence-electron chi connectivity index (χ0n) is 11.5. The van der Waals surface area contributed by atoms with Crippen molar-refractivity contribution in [1.82, 2.24) is 0 Å². The highest BCUT2D eigenvalue weighted by Gasteiger charge is 2.19. The van der Waals surface area contributed by atoms with Gasteiger partial charge in [0.25, 0.3) is 0 Å². The molecule has 0 N–H and O–H groups in total. The van der Waals surface area contributed by atoms with E-state index in [1.165, 1.54) is 37.0 Å². The number of benzene rings is 2. The molecule has 20 heavy (non-hydrogen) atoms. The fraction of sp³-hybridized carbons (Fsp3) is 0.278. The van der Waals surface area contributed by atoms with Crippen molar-refractivity contribution in [2.45, 2.75) is 32.1 Å². The first-order chi connectivity index (χ1) is 9.63. The number of carbonyl (C=O) groups excluding carboxylic acids is 1. The van der Waals surface area contributed by atoms with Gasteiger partial charge in [0.1, 0.15) is 5.82 Å². The Morgan fingerprint density at radius 3 is 2.30 bits per heavy atom. The molecule has 2 heteroatoms. The molecule has 0 aliphatic heterocycles. The number of ketones is 1. The van der Waals surface area contributed by atoms with Gasteiger partial charge in [-0.3, -0.25) is 4.79 Å². The molecule has 0 radical (unpaired) electrons. The molecule has 0 aromatic heterocycles. The topological polar surface area (TPSA) is 17.1 Å². The Bertz CT molecular complexity index is 619. The summed E-state index contributed by atoms with van der Waals surface area (Å²) in [6, 6.07) is 12.2. The lowest BCUT2D eigenvalue weighted by atomic mass is 9.80. The van der Waals surface area contributed by atoms with E-state index in [-0.39, 0.29) is 11.6 Å². The quantitative estimate of drug-likeness (QED) is 0.741. The minimum absolute atomic E-state index is 0.118. The molecule has 1 nitrogen and oxygen atoms in total. The van der Waals surface area contributed by atoms with Crippen molar-refractivity contribution in [3.05, 3.63) is 70.5 Å². The zero-order chi connectivity index (χ0) is 14.1. The van der Waals surface area contributed by atoms with Crippen molar-refractivity contribution in [1.29, 1.82) is 0 Å². The van der Waals surface area contributed by atoms with Crippen molar-refractivity contribution in [2.24, 2.45) is 0 Å². The van der Waals surface area contributed by atoms with Crippen LogP contribution in [0.4, 0.5) is 4.39 Å². The number of rotatable bonds is 3. The molecule has 1 fully saturated rings. The van der Waals surface area contributed by atoms with E-state index in [2.05, 4.69) is 0 Å². The third-order valence-electron chi connectivity index (χ3n) is 4.05. The third-order valence-corrected chi connectivity index (χ3v) is 4.05. The largest absolute Gasteiger partial charge is 0.289 e. The summed E-state index contributed by atoms with van der Waals surface area (Å²) in [4.78, 5) is 12.3. The Hall–Kier alpha value is -1.96. The fourth-order valence-electron chi connectivity index (χ4n) is 2.68. The van der Waals surface area contributed by atoms with Crippen molar-refractivity contribution in [2.75, 3.05) is 0 Å². The first-order valence-corrected chi connectivity index (χ1v) is 7.05. The summed E-state index contributed by atoms with van der Waals surface area (Å²) in [5.41, 5.74) is 3.11. The van der Waals surface area contributed by atoms with E-state index >= 15 is 0 Å². The van der Waals surface area contributed by atoms with Crippen molar-refractivity contribution >= 4 is 5.78 Å². The zero-order valence-corrected chi connectivity index (χ0v) is 11.5. The summed E-state index contributed by atoms with van der Waals surface area (Å²) in [6.45, 7) is 1.79. The Morgan fingerprint density at radius 2 is 1.75 bits per heavy atom. The molecule has 1 aliphatic carbocycles. The summed E-state index contributed by atoms with van der Waals surface area (Å²) in [5.74, 6) is 0.183. The number of aryl methyl sites for hydroxylation is 1. The molecule has 3 rings (SSSR count). The van der Waals surface area contributed by atoms with Crippen LogP contribution in [-0.2, 0) is 0 Å². The Balaban J connectivity index is 1.86. The van der Waals surface area contributed by atoms with Gasteiger partial charge in [-0.15, -0.1) is 0 Å². The van der Waals surface area contributed by atoms with Crippen LogP contribution in [0.5, 0.6) is 0 Å². The summed E-state index contributed by atoms with van der Waals surface area (Å²) in [5, 5.41) is 0. The molecule has 0 spiro atoms. The molecular weight excluding hydrogens is 251 g/mol. The number of halogens is 1. The van der Waals surface area contributed by atoms with Crippen LogP contribution in [0.25, 0.3) is 0 Å². The molecule has 0 saturated heterocycles. The standard InChI is InChI=1S/C18H17FO/c1-12-9-16(11-17(19)10-12)18(20)15-7-5-14(6-8-15)13-3-2-4-13/h5-11,13H,2-4H2,1H3. The highest BCUT2D eigenvalue weighted by Crippen LogP contribution is 2.36. The van der Waals surface area contributed by atoms with Crippen LogP contribution >= 0.6 is 0 Å². The first kappa shape index (κ1) is 13.0. The molecule has 102 valence electrons. The van der Waals surface area contributed by atoms with Crippen LogP contribution in [0.3, 0.4) is 0 Å². The van der Waals surface area contributed by atoms with E-state index in [9.17, 15) is 9.18 Å². The molecule has 2 aromatic carbocycles. The summed E-state index contributed by atoms with van der Waals surface area (Å²) < 4.78 is 13.4. The monoisotopic (exact) mass is 268 g/mol. The van der Waals surface area contributed by atoms with E-state index < -0.39 is 0 Å². The molecule has 0 atom stereocenters. The number of hydrogen-bond donors (Lipinski definition) is 0. The van der Waals surface area contributed by atoms with Gasteiger partial charge >= 0.3 is 0 Å². The summed E-state index contributed by atoms with van der Waals surface area (Å²) in [7, 11) is 0. The van der Waals surface area contributed by atoms with Gasteiger partial charge in [-0.05, 0) is 55.0 Å². The predicted octanol–water partition coefficient (Wildman–Crippen LogP) is 4.63. The van der Waals surface area contributed by atoms with Gasteiger partial charge in [-0.1, -0.05) is 30.7 Å². The minimum atomic E-state index is -0.362. The first-order valence-electron chi connectivity index (χ1n) is 7.05. The van der Waals surface area contributed by atoms with Gasteiger partial charge in [0.2, 0.25) is 0 Å². The van der Waals surface area contributed by atoms with Gasteiger partial charge in [0.05, 0.1) is 0 Å². The van der Waals surface area contributed by atoms with E-state index in [4.69, 9.17) is 0 Å². The van der Waals surface area contributed by atoms with Crippen LogP contribution in [0.15, 0.2) is 42.5 Å². The highest BCUT2D eigenvalue weighted by atomic mass is 19.1. The third kappa shape index (κ3) is 2.51. The maximum absolute atomic E-state index is 13.4. The Morgan fingerprint density at radius 1 is 1.05 bits per heavy atom. The summed E-state index contributed by atoms with van der Waals surface area (Å²) in [6.07, 6.45) is 3.79. The van der Waals surface area contributed by atoms with Gasteiger partial charge in [0, 0.05) is 11.1 Å². The highest BCUT2D eigenvalue weighted by molar-refractivity contribution is 6.09. The summed E-state index contributed by atoms with van der Waals surface area (Å²) >= 11 is 0. The van der Waals surface area contributed by atoms with E-state index in [0.717, 1.165) is 5.56 Å². The van der Waals surface area contributed by atoms with Crippen LogP contribution in [0.2, 0.25) is 0 Å². The van der Waals surface area contributed by atoms with Gasteiger partial charge in [-0.2, -0.15) is 0 Å². The maximum atomic E-state index is 13.4. The normalized spacial score (nSPS) is 14.9. The number of carbonyl (C=O) groups is 1. The van der Waals surface area contributed by atoms with E-state index in [0.29, 0.717) is 17.0 Å². The average Bonchev–Trinajstić information content (AvgIpc) is 2.35. The lowest BCUT2D eigenvalue weighted by molar-refractivity contribution is 0.103. The van der Waals surface area contributed by atoms with Gasteiger partial charge in [0.15, 0.2) is 5.78 Å². The second kappa shape index (κ2) is 5.20. The van der Waals surface area contributed by atoms with Crippen LogP contribution in [-0.4, -0.2) is 5.78 Å². The van der Waals surface area contributed by atoms with Crippen LogP contribution in [0.1, 0.15) is 52.2 Å². The Kier molecular flexibility index (Phi) is 3.39. The molecule has 0 bridgehead atoms. The fourth-order valence-corrected chi connectivity index (χ4v) is 2.68. The second-order valence-corrected chi connectivity index (χ2v) is 5.60. The molecular formula is C18H17FO. The second-order valence-electron chi connectivity index (χ2n) is 5.60.